The summed E-state index contributed by atoms with van der Waals surface area (Å²) in [6, 6.07) is 6.46. The molecule has 0 amide bonds. The molecule has 4 nitrogen and oxygen atoms in total. The molecule has 0 radical (unpaired) electrons. The van der Waals surface area contributed by atoms with Crippen LogP contribution in [0.5, 0.6) is 0 Å². The molecule has 1 unspecified atom stereocenters. The Balaban J connectivity index is 1.70. The van der Waals surface area contributed by atoms with Gasteiger partial charge in [0.1, 0.15) is 10.6 Å². The summed E-state index contributed by atoms with van der Waals surface area (Å²) < 4.78 is 42.5. The summed E-state index contributed by atoms with van der Waals surface area (Å²) in [5.41, 5.74) is 0.878. The third-order valence-electron chi connectivity index (χ3n) is 4.74. The molecule has 116 valence electrons. The second-order valence-electron chi connectivity index (χ2n) is 6.10. The number of methoxy groups -OCH3 is 1. The molecule has 21 heavy (non-hydrogen) atoms. The van der Waals surface area contributed by atoms with Gasteiger partial charge in [-0.1, -0.05) is 12.1 Å². The van der Waals surface area contributed by atoms with E-state index in [4.69, 9.17) is 4.74 Å². The maximum Gasteiger partial charge on any atom is 0.158 e. The Labute approximate surface area is 124 Å². The lowest BCUT2D eigenvalue weighted by Gasteiger charge is -2.50. The minimum Gasteiger partial charge on any atom is -0.384 e. The fraction of sp³-hybridized carbons (Fsp3) is 0.600. The minimum absolute atomic E-state index is 0.0799. The molecule has 0 bridgehead atoms. The SMILES string of the molecule is COCC1CCS(=O)(=O)C12CN(Cc1cccc(F)c1)C2. The molecule has 2 fully saturated rings. The summed E-state index contributed by atoms with van der Waals surface area (Å²) in [6.07, 6.45) is 0.685. The number of nitrogens with zero attached hydrogens (tertiary/aromatic N) is 1. The second-order valence-corrected chi connectivity index (χ2v) is 8.55. The number of rotatable bonds is 4. The maximum absolute atomic E-state index is 13.2. The summed E-state index contributed by atoms with van der Waals surface area (Å²) in [6.45, 7) is 2.14. The summed E-state index contributed by atoms with van der Waals surface area (Å²) in [7, 11) is -1.44. The van der Waals surface area contributed by atoms with Crippen molar-refractivity contribution in [1.29, 1.82) is 0 Å². The van der Waals surface area contributed by atoms with Crippen molar-refractivity contribution in [2.75, 3.05) is 32.6 Å². The third kappa shape index (κ3) is 2.49. The van der Waals surface area contributed by atoms with Gasteiger partial charge >= 0.3 is 0 Å². The van der Waals surface area contributed by atoms with Gasteiger partial charge in [-0.25, -0.2) is 12.8 Å². The predicted octanol–water partition coefficient (Wildman–Crippen LogP) is 1.46. The summed E-state index contributed by atoms with van der Waals surface area (Å²) in [5.74, 6) is 0.0826. The van der Waals surface area contributed by atoms with E-state index in [1.165, 1.54) is 12.1 Å². The van der Waals surface area contributed by atoms with Gasteiger partial charge in [0.05, 0.1) is 12.4 Å². The van der Waals surface area contributed by atoms with Gasteiger partial charge < -0.3 is 4.74 Å². The van der Waals surface area contributed by atoms with Gasteiger partial charge in [0.25, 0.3) is 0 Å². The van der Waals surface area contributed by atoms with Crippen molar-refractivity contribution in [3.8, 4) is 0 Å². The second kappa shape index (κ2) is 5.34. The van der Waals surface area contributed by atoms with Gasteiger partial charge in [-0.15, -0.1) is 0 Å². The number of likely N-dealkylation sites (tertiary alicyclic amines) is 1. The monoisotopic (exact) mass is 313 g/mol. The molecule has 2 heterocycles. The number of hydrogen-bond acceptors (Lipinski definition) is 4. The minimum atomic E-state index is -3.05. The number of halogens is 1. The predicted molar refractivity (Wildman–Crippen MR) is 78.2 cm³/mol. The Morgan fingerprint density at radius 3 is 2.86 bits per heavy atom. The first-order chi connectivity index (χ1) is 9.97. The van der Waals surface area contributed by atoms with E-state index in [0.717, 1.165) is 5.56 Å². The first-order valence-electron chi connectivity index (χ1n) is 7.15. The van der Waals surface area contributed by atoms with Gasteiger partial charge in [0.15, 0.2) is 9.84 Å². The molecule has 2 aliphatic heterocycles. The van der Waals surface area contributed by atoms with Crippen LogP contribution in [-0.4, -0.2) is 50.6 Å². The molecular formula is C15H20FNO3S. The van der Waals surface area contributed by atoms with Crippen molar-refractivity contribution in [2.24, 2.45) is 5.92 Å². The maximum atomic E-state index is 13.2. The molecule has 6 heteroatoms. The van der Waals surface area contributed by atoms with Crippen LogP contribution < -0.4 is 0 Å². The average molecular weight is 313 g/mol. The lowest BCUT2D eigenvalue weighted by Crippen LogP contribution is -2.67. The summed E-state index contributed by atoms with van der Waals surface area (Å²) >= 11 is 0. The molecule has 0 aliphatic carbocycles. The molecule has 1 aromatic carbocycles. The zero-order valence-corrected chi connectivity index (χ0v) is 12.9. The van der Waals surface area contributed by atoms with Crippen LogP contribution in [-0.2, 0) is 21.1 Å². The van der Waals surface area contributed by atoms with Crippen LogP contribution in [0.4, 0.5) is 4.39 Å². The normalized spacial score (nSPS) is 26.9. The van der Waals surface area contributed by atoms with E-state index < -0.39 is 14.6 Å². The third-order valence-corrected chi connectivity index (χ3v) is 7.35. The first-order valence-corrected chi connectivity index (χ1v) is 8.80. The van der Waals surface area contributed by atoms with Gasteiger partial charge in [-0.2, -0.15) is 0 Å². The molecular weight excluding hydrogens is 293 g/mol. The Bertz CT molecular complexity index is 626. The van der Waals surface area contributed by atoms with Crippen molar-refractivity contribution >= 4 is 9.84 Å². The quantitative estimate of drug-likeness (QED) is 0.844. The standard InChI is InChI=1S/C15H20FNO3S/c1-20-9-13-5-6-21(18,19)15(13)10-17(11-15)8-12-3-2-4-14(16)7-12/h2-4,7,13H,5-6,8-11H2,1H3. The molecule has 0 saturated carbocycles. The highest BCUT2D eigenvalue weighted by Gasteiger charge is 2.61. The van der Waals surface area contributed by atoms with E-state index in [9.17, 15) is 12.8 Å². The molecule has 0 aromatic heterocycles. The van der Waals surface area contributed by atoms with Crippen molar-refractivity contribution in [3.63, 3.8) is 0 Å². The fourth-order valence-electron chi connectivity index (χ4n) is 3.62. The molecule has 1 spiro atoms. The van der Waals surface area contributed by atoms with Crippen LogP contribution in [0.25, 0.3) is 0 Å². The van der Waals surface area contributed by atoms with E-state index in [-0.39, 0.29) is 17.5 Å². The number of benzene rings is 1. The van der Waals surface area contributed by atoms with Crippen LogP contribution in [0.3, 0.4) is 0 Å². The van der Waals surface area contributed by atoms with Gasteiger partial charge in [0.2, 0.25) is 0 Å². The highest BCUT2D eigenvalue weighted by atomic mass is 32.2. The molecule has 2 saturated heterocycles. The molecule has 3 rings (SSSR count). The molecule has 0 N–H and O–H groups in total. The average Bonchev–Trinajstić information content (AvgIpc) is 2.63. The lowest BCUT2D eigenvalue weighted by molar-refractivity contribution is 0.0411. The Morgan fingerprint density at radius 1 is 1.43 bits per heavy atom. The van der Waals surface area contributed by atoms with E-state index >= 15 is 0 Å². The molecule has 1 atom stereocenters. The molecule has 2 aliphatic rings. The topological polar surface area (TPSA) is 46.6 Å². The molecule has 1 aromatic rings. The van der Waals surface area contributed by atoms with E-state index in [1.807, 2.05) is 6.07 Å². The Hall–Kier alpha value is -0.980. The highest BCUT2D eigenvalue weighted by Crippen LogP contribution is 2.45. The first kappa shape index (κ1) is 14.9. The van der Waals surface area contributed by atoms with Crippen LogP contribution >= 0.6 is 0 Å². The van der Waals surface area contributed by atoms with Crippen LogP contribution in [0.2, 0.25) is 0 Å². The number of ether oxygens (including phenoxy) is 1. The van der Waals surface area contributed by atoms with E-state index in [1.54, 1.807) is 13.2 Å². The summed E-state index contributed by atoms with van der Waals surface area (Å²) in [4.78, 5) is 2.07. The van der Waals surface area contributed by atoms with Gasteiger partial charge in [0, 0.05) is 32.7 Å². The van der Waals surface area contributed by atoms with Gasteiger partial charge in [-0.3, -0.25) is 4.90 Å². The van der Waals surface area contributed by atoms with E-state index in [0.29, 0.717) is 32.7 Å². The number of hydrogen-bond donors (Lipinski definition) is 0. The zero-order chi connectivity index (χ0) is 15.1. The van der Waals surface area contributed by atoms with Crippen molar-refractivity contribution in [3.05, 3.63) is 35.6 Å². The highest BCUT2D eigenvalue weighted by molar-refractivity contribution is 7.93. The summed E-state index contributed by atoms with van der Waals surface area (Å²) in [5, 5.41) is 0. The van der Waals surface area contributed by atoms with Gasteiger partial charge in [-0.05, 0) is 24.1 Å². The van der Waals surface area contributed by atoms with E-state index in [2.05, 4.69) is 4.90 Å². The van der Waals surface area contributed by atoms with Crippen molar-refractivity contribution in [1.82, 2.24) is 4.90 Å². The van der Waals surface area contributed by atoms with Crippen LogP contribution in [0.15, 0.2) is 24.3 Å². The Kier molecular flexibility index (Phi) is 3.80. The lowest BCUT2D eigenvalue weighted by atomic mass is 9.83. The number of sulfone groups is 1. The van der Waals surface area contributed by atoms with Crippen LogP contribution in [0.1, 0.15) is 12.0 Å². The fourth-order valence-corrected chi connectivity index (χ4v) is 6.08. The smallest absolute Gasteiger partial charge is 0.158 e. The van der Waals surface area contributed by atoms with Crippen LogP contribution in [0, 0.1) is 11.7 Å². The van der Waals surface area contributed by atoms with Crippen molar-refractivity contribution in [2.45, 2.75) is 17.7 Å². The zero-order valence-electron chi connectivity index (χ0n) is 12.1. The largest absolute Gasteiger partial charge is 0.384 e. The van der Waals surface area contributed by atoms with Crippen molar-refractivity contribution < 1.29 is 17.5 Å². The Morgan fingerprint density at radius 2 is 2.19 bits per heavy atom.